The van der Waals surface area contributed by atoms with Crippen LogP contribution in [0.15, 0.2) is 30.3 Å². The normalized spacial score (nSPS) is 45.1. The number of carbonyl (C=O) groups is 1. The molecule has 1 aliphatic carbocycles. The molecule has 2 bridgehead atoms. The lowest BCUT2D eigenvalue weighted by Crippen LogP contribution is -2.64. The zero-order valence-corrected chi connectivity index (χ0v) is 17.8. The van der Waals surface area contributed by atoms with Crippen molar-refractivity contribution in [2.24, 2.45) is 17.8 Å². The minimum absolute atomic E-state index is 0.0342. The molecule has 4 saturated heterocycles. The van der Waals surface area contributed by atoms with E-state index in [1.165, 1.54) is 31.2 Å². The highest BCUT2D eigenvalue weighted by molar-refractivity contribution is 6.01. The lowest BCUT2D eigenvalue weighted by Gasteiger charge is -2.51. The number of benzene rings is 1. The number of fused-ring (bicyclic) bond motifs is 2. The van der Waals surface area contributed by atoms with Gasteiger partial charge in [0.2, 0.25) is 11.6 Å². The van der Waals surface area contributed by atoms with Crippen LogP contribution < -0.4 is 0 Å². The fourth-order valence-corrected chi connectivity index (χ4v) is 6.27. The minimum atomic E-state index is -4.06. The van der Waals surface area contributed by atoms with Crippen LogP contribution in [0, 0.1) is 17.8 Å². The summed E-state index contributed by atoms with van der Waals surface area (Å²) in [5, 5.41) is 11.0. The fraction of sp³-hybridized carbons (Fsp3) is 0.696. The Morgan fingerprint density at radius 3 is 2.55 bits per heavy atom. The molecule has 1 N–H and O–H groups in total. The smallest absolute Gasteiger partial charge is 0.337 e. The number of alkyl halides is 2. The van der Waals surface area contributed by atoms with E-state index in [1.54, 1.807) is 13.0 Å². The quantitative estimate of drug-likeness (QED) is 0.568. The van der Waals surface area contributed by atoms with Crippen LogP contribution >= 0.6 is 0 Å². The molecular formula is C23H28F2O6. The number of ketones is 1. The van der Waals surface area contributed by atoms with Crippen molar-refractivity contribution in [2.75, 3.05) is 0 Å². The van der Waals surface area contributed by atoms with Crippen molar-refractivity contribution in [2.45, 2.75) is 81.8 Å². The summed E-state index contributed by atoms with van der Waals surface area (Å²) in [6.45, 7) is 5.28. The van der Waals surface area contributed by atoms with Crippen LogP contribution in [-0.2, 0) is 19.2 Å². The van der Waals surface area contributed by atoms with E-state index < -0.39 is 47.0 Å². The predicted molar refractivity (Wildman–Crippen MR) is 104 cm³/mol. The first-order valence-electron chi connectivity index (χ1n) is 10.9. The highest BCUT2D eigenvalue weighted by atomic mass is 19.3. The highest BCUT2D eigenvalue weighted by Gasteiger charge is 2.77. The Morgan fingerprint density at radius 2 is 1.84 bits per heavy atom. The van der Waals surface area contributed by atoms with E-state index in [1.807, 2.05) is 0 Å². The molecule has 6 rings (SSSR count). The molecule has 0 aromatic heterocycles. The van der Waals surface area contributed by atoms with Gasteiger partial charge in [-0.2, -0.15) is 8.78 Å². The number of halogens is 2. The van der Waals surface area contributed by atoms with Crippen molar-refractivity contribution in [3.05, 3.63) is 35.9 Å². The molecule has 1 aromatic carbocycles. The maximum Gasteiger partial charge on any atom is 0.337 e. The Hall–Kier alpha value is -1.45. The SMILES string of the molecule is C[C@@H]1CC[C@@H]2[C@]34OO[C@](C)(CC[C@@H]13)O[C@H]4O[C@]2(C)C(O)C(F)(F)C(=O)c1ccccc1. The van der Waals surface area contributed by atoms with E-state index in [0.717, 1.165) is 12.8 Å². The van der Waals surface area contributed by atoms with Crippen molar-refractivity contribution in [1.82, 2.24) is 0 Å². The van der Waals surface area contributed by atoms with Crippen molar-refractivity contribution in [3.8, 4) is 0 Å². The van der Waals surface area contributed by atoms with Gasteiger partial charge in [-0.15, -0.1) is 0 Å². The van der Waals surface area contributed by atoms with Gasteiger partial charge in [-0.25, -0.2) is 9.78 Å². The molecule has 1 aromatic rings. The van der Waals surface area contributed by atoms with Gasteiger partial charge in [-0.05, 0) is 44.9 Å². The van der Waals surface area contributed by atoms with Gasteiger partial charge in [0.15, 0.2) is 18.0 Å². The zero-order chi connectivity index (χ0) is 22.2. The van der Waals surface area contributed by atoms with Gasteiger partial charge in [0, 0.05) is 17.9 Å². The van der Waals surface area contributed by atoms with Crippen LogP contribution in [-0.4, -0.2) is 46.2 Å². The second-order valence-electron chi connectivity index (χ2n) is 9.88. The first-order valence-corrected chi connectivity index (χ1v) is 10.9. The van der Waals surface area contributed by atoms with E-state index in [9.17, 15) is 9.90 Å². The lowest BCUT2D eigenvalue weighted by atomic mass is 9.58. The third-order valence-electron chi connectivity index (χ3n) is 8.00. The number of carbonyl (C=O) groups excluding carboxylic acids is 1. The van der Waals surface area contributed by atoms with Crippen LogP contribution in [0.5, 0.6) is 0 Å². The van der Waals surface area contributed by atoms with E-state index in [2.05, 4.69) is 6.92 Å². The molecule has 5 fully saturated rings. The lowest BCUT2D eigenvalue weighted by molar-refractivity contribution is -0.541. The van der Waals surface area contributed by atoms with Gasteiger partial charge in [0.25, 0.3) is 0 Å². The molecule has 31 heavy (non-hydrogen) atoms. The second kappa shape index (κ2) is 6.78. The molecule has 4 heterocycles. The van der Waals surface area contributed by atoms with E-state index >= 15 is 8.78 Å². The van der Waals surface area contributed by atoms with Gasteiger partial charge >= 0.3 is 5.92 Å². The van der Waals surface area contributed by atoms with Crippen molar-refractivity contribution >= 4 is 5.78 Å². The summed E-state index contributed by atoms with van der Waals surface area (Å²) >= 11 is 0. The van der Waals surface area contributed by atoms with Gasteiger partial charge in [-0.3, -0.25) is 4.79 Å². The second-order valence-corrected chi connectivity index (χ2v) is 9.88. The summed E-state index contributed by atoms with van der Waals surface area (Å²) < 4.78 is 43.0. The van der Waals surface area contributed by atoms with Crippen LogP contribution in [0.4, 0.5) is 8.78 Å². The first kappa shape index (κ1) is 21.4. The van der Waals surface area contributed by atoms with E-state index in [4.69, 9.17) is 19.2 Å². The molecule has 170 valence electrons. The molecule has 5 aliphatic rings. The van der Waals surface area contributed by atoms with Crippen LogP contribution in [0.3, 0.4) is 0 Å². The molecule has 8 heteroatoms. The summed E-state index contributed by atoms with van der Waals surface area (Å²) in [6, 6.07) is 7.27. The van der Waals surface area contributed by atoms with Crippen LogP contribution in [0.1, 0.15) is 56.8 Å². The average Bonchev–Trinajstić information content (AvgIpc) is 2.83. The number of rotatable bonds is 4. The van der Waals surface area contributed by atoms with E-state index in [-0.39, 0.29) is 17.4 Å². The van der Waals surface area contributed by atoms with Crippen molar-refractivity contribution in [1.29, 1.82) is 0 Å². The Balaban J connectivity index is 1.54. The number of aliphatic hydroxyl groups is 1. The monoisotopic (exact) mass is 438 g/mol. The number of hydrogen-bond donors (Lipinski definition) is 1. The Bertz CT molecular complexity index is 880. The van der Waals surface area contributed by atoms with Crippen LogP contribution in [0.2, 0.25) is 0 Å². The van der Waals surface area contributed by atoms with Crippen molar-refractivity contribution < 1.29 is 37.9 Å². The predicted octanol–water partition coefficient (Wildman–Crippen LogP) is 3.87. The summed E-state index contributed by atoms with van der Waals surface area (Å²) in [4.78, 5) is 24.2. The highest BCUT2D eigenvalue weighted by Crippen LogP contribution is 2.64. The number of Topliss-reactive ketones (excluding diaryl/α,β-unsaturated/α-hetero) is 1. The molecule has 1 saturated carbocycles. The molecule has 1 spiro atoms. The third-order valence-corrected chi connectivity index (χ3v) is 8.00. The van der Waals surface area contributed by atoms with Gasteiger partial charge < -0.3 is 14.6 Å². The van der Waals surface area contributed by atoms with Crippen molar-refractivity contribution in [3.63, 3.8) is 0 Å². The van der Waals surface area contributed by atoms with Crippen LogP contribution in [0.25, 0.3) is 0 Å². The van der Waals surface area contributed by atoms with Gasteiger partial charge in [-0.1, -0.05) is 37.3 Å². The molecule has 8 atom stereocenters. The summed E-state index contributed by atoms with van der Waals surface area (Å²) in [5.74, 6) is -6.95. The Morgan fingerprint density at radius 1 is 1.13 bits per heavy atom. The molecule has 6 nitrogen and oxygen atoms in total. The standard InChI is InChI=1S/C23H28F2O6/c1-13-9-10-16-21(3,18(27)23(24,25)17(26)14-7-5-4-6-8-14)29-19-22(16)15(13)11-12-20(2,28-19)30-31-22/h4-8,13,15-16,18-19,27H,9-12H2,1-3H3/t13-,15+,16+,18?,19+,20-,21+,22-/m1/s1. The number of hydrogen-bond acceptors (Lipinski definition) is 6. The largest absolute Gasteiger partial charge is 0.383 e. The molecule has 4 aliphatic heterocycles. The summed E-state index contributed by atoms with van der Waals surface area (Å²) in [6.07, 6.45) is -0.757. The molecule has 0 radical (unpaired) electrons. The summed E-state index contributed by atoms with van der Waals surface area (Å²) in [7, 11) is 0. The molecular weight excluding hydrogens is 410 g/mol. The number of ether oxygens (including phenoxy) is 2. The first-order chi connectivity index (χ1) is 14.5. The summed E-state index contributed by atoms with van der Waals surface area (Å²) in [5.41, 5.74) is -3.03. The third kappa shape index (κ3) is 2.82. The Kier molecular flexibility index (Phi) is 4.68. The molecule has 1 unspecified atom stereocenters. The maximum atomic E-state index is 15.4. The fourth-order valence-electron chi connectivity index (χ4n) is 6.27. The topological polar surface area (TPSA) is 74.2 Å². The van der Waals surface area contributed by atoms with Gasteiger partial charge in [0.05, 0.1) is 0 Å². The number of aliphatic hydroxyl groups excluding tert-OH is 1. The van der Waals surface area contributed by atoms with E-state index in [0.29, 0.717) is 12.8 Å². The maximum absolute atomic E-state index is 15.4. The minimum Gasteiger partial charge on any atom is -0.383 e. The Labute approximate surface area is 179 Å². The zero-order valence-electron chi connectivity index (χ0n) is 17.8. The molecule has 0 amide bonds. The van der Waals surface area contributed by atoms with Gasteiger partial charge in [0.1, 0.15) is 5.60 Å². The average molecular weight is 438 g/mol.